The fourth-order valence-corrected chi connectivity index (χ4v) is 3.73. The zero-order valence-electron chi connectivity index (χ0n) is 7.00. The van der Waals surface area contributed by atoms with Crippen molar-refractivity contribution in [3.8, 4) is 0 Å². The summed E-state index contributed by atoms with van der Waals surface area (Å²) < 4.78 is 0. The number of hydrogen-bond acceptors (Lipinski definition) is 1. The van der Waals surface area contributed by atoms with Crippen LogP contribution >= 0.6 is 27.3 Å². The van der Waals surface area contributed by atoms with Gasteiger partial charge in [-0.15, -0.1) is 11.3 Å². The number of thiophene rings is 1. The molecule has 0 amide bonds. The molecule has 0 saturated heterocycles. The first-order valence-corrected chi connectivity index (χ1v) is 6.35. The van der Waals surface area contributed by atoms with E-state index in [2.05, 4.69) is 33.4 Å². The molecule has 0 aliphatic heterocycles. The lowest BCUT2D eigenvalue weighted by atomic mass is 10.0. The van der Waals surface area contributed by atoms with Crippen LogP contribution in [-0.2, 0) is 0 Å². The Morgan fingerprint density at radius 3 is 2.75 bits per heavy atom. The van der Waals surface area contributed by atoms with Gasteiger partial charge in [-0.3, -0.25) is 0 Å². The normalized spacial score (nSPS) is 21.4. The second-order valence-electron chi connectivity index (χ2n) is 3.46. The van der Waals surface area contributed by atoms with Gasteiger partial charge in [0.1, 0.15) is 0 Å². The van der Waals surface area contributed by atoms with Gasteiger partial charge in [0.2, 0.25) is 0 Å². The molecule has 1 saturated carbocycles. The van der Waals surface area contributed by atoms with Crippen molar-refractivity contribution in [2.75, 3.05) is 0 Å². The van der Waals surface area contributed by atoms with E-state index in [9.17, 15) is 0 Å². The van der Waals surface area contributed by atoms with Crippen LogP contribution in [-0.4, -0.2) is 0 Å². The van der Waals surface area contributed by atoms with Crippen LogP contribution in [0.4, 0.5) is 0 Å². The van der Waals surface area contributed by atoms with Crippen molar-refractivity contribution >= 4 is 27.3 Å². The van der Waals surface area contributed by atoms with Crippen LogP contribution in [0, 0.1) is 5.92 Å². The number of alkyl halides is 1. The molecule has 2 heteroatoms. The minimum Gasteiger partial charge on any atom is -0.148 e. The van der Waals surface area contributed by atoms with E-state index in [1.165, 1.54) is 30.6 Å². The topological polar surface area (TPSA) is 0 Å². The van der Waals surface area contributed by atoms with Crippen LogP contribution in [0.5, 0.6) is 0 Å². The molecule has 1 atom stereocenters. The molecular formula is C10H13BrS. The monoisotopic (exact) mass is 244 g/mol. The minimum atomic E-state index is 0.625. The molecule has 12 heavy (non-hydrogen) atoms. The van der Waals surface area contributed by atoms with E-state index in [4.69, 9.17) is 0 Å². The first kappa shape index (κ1) is 8.76. The van der Waals surface area contributed by atoms with Gasteiger partial charge < -0.3 is 0 Å². The Morgan fingerprint density at radius 1 is 1.42 bits per heavy atom. The highest BCUT2D eigenvalue weighted by atomic mass is 79.9. The third kappa shape index (κ3) is 1.74. The number of rotatable bonds is 2. The highest BCUT2D eigenvalue weighted by Gasteiger charge is 2.24. The van der Waals surface area contributed by atoms with Crippen LogP contribution in [0.3, 0.4) is 0 Å². The highest BCUT2D eigenvalue weighted by Crippen LogP contribution is 2.42. The van der Waals surface area contributed by atoms with Crippen molar-refractivity contribution in [1.29, 1.82) is 0 Å². The third-order valence-electron chi connectivity index (χ3n) is 2.63. The second kappa shape index (κ2) is 3.93. The van der Waals surface area contributed by atoms with E-state index in [1.807, 2.05) is 11.3 Å². The number of hydrogen-bond donors (Lipinski definition) is 0. The van der Waals surface area contributed by atoms with Crippen LogP contribution < -0.4 is 0 Å². The number of halogens is 1. The van der Waals surface area contributed by atoms with Gasteiger partial charge in [0, 0.05) is 4.88 Å². The van der Waals surface area contributed by atoms with Crippen LogP contribution in [0.15, 0.2) is 17.5 Å². The van der Waals surface area contributed by atoms with Gasteiger partial charge in [-0.05, 0) is 30.2 Å². The summed E-state index contributed by atoms with van der Waals surface area (Å²) in [6.07, 6.45) is 5.68. The SMILES string of the molecule is BrC(c1cccs1)C1CCCC1. The zero-order chi connectivity index (χ0) is 8.39. The molecule has 1 fully saturated rings. The van der Waals surface area contributed by atoms with Crippen LogP contribution in [0.2, 0.25) is 0 Å². The maximum atomic E-state index is 3.80. The molecule has 1 heterocycles. The summed E-state index contributed by atoms with van der Waals surface area (Å²) in [7, 11) is 0. The summed E-state index contributed by atoms with van der Waals surface area (Å²) >= 11 is 5.67. The summed E-state index contributed by atoms with van der Waals surface area (Å²) in [6, 6.07) is 4.38. The van der Waals surface area contributed by atoms with Crippen molar-refractivity contribution in [3.63, 3.8) is 0 Å². The van der Waals surface area contributed by atoms with Gasteiger partial charge >= 0.3 is 0 Å². The van der Waals surface area contributed by atoms with Gasteiger partial charge in [0.25, 0.3) is 0 Å². The Balaban J connectivity index is 2.04. The zero-order valence-corrected chi connectivity index (χ0v) is 9.40. The Labute approximate surface area is 86.1 Å². The molecule has 1 aromatic heterocycles. The maximum absolute atomic E-state index is 3.80. The lowest BCUT2D eigenvalue weighted by Gasteiger charge is -2.14. The lowest BCUT2D eigenvalue weighted by Crippen LogP contribution is -2.00. The van der Waals surface area contributed by atoms with Gasteiger partial charge in [-0.1, -0.05) is 34.8 Å². The standard InChI is InChI=1S/C10H13BrS/c11-10(8-4-1-2-5-8)9-6-3-7-12-9/h3,6-8,10H,1-2,4-5H2. The van der Waals surface area contributed by atoms with E-state index in [1.54, 1.807) is 0 Å². The Hall–Kier alpha value is 0.180. The molecule has 1 aliphatic carbocycles. The van der Waals surface area contributed by atoms with E-state index >= 15 is 0 Å². The van der Waals surface area contributed by atoms with Crippen molar-refractivity contribution in [2.24, 2.45) is 5.92 Å². The minimum absolute atomic E-state index is 0.625. The van der Waals surface area contributed by atoms with Gasteiger partial charge in [0.15, 0.2) is 0 Å². The van der Waals surface area contributed by atoms with Gasteiger partial charge in [-0.2, -0.15) is 0 Å². The smallest absolute Gasteiger partial charge is 0.0517 e. The Bertz CT molecular complexity index is 224. The van der Waals surface area contributed by atoms with Gasteiger partial charge in [0.05, 0.1) is 4.83 Å². The average Bonchev–Trinajstić information content (AvgIpc) is 2.77. The van der Waals surface area contributed by atoms with Crippen LogP contribution in [0.25, 0.3) is 0 Å². The Kier molecular flexibility index (Phi) is 2.87. The highest BCUT2D eigenvalue weighted by molar-refractivity contribution is 9.09. The molecule has 0 radical (unpaired) electrons. The molecule has 2 rings (SSSR count). The first-order chi connectivity index (χ1) is 5.88. The predicted octanol–water partition coefficient (Wildman–Crippen LogP) is 4.37. The van der Waals surface area contributed by atoms with Crippen molar-refractivity contribution in [3.05, 3.63) is 22.4 Å². The molecular weight excluding hydrogens is 232 g/mol. The van der Waals surface area contributed by atoms with E-state index in [0.717, 1.165) is 5.92 Å². The second-order valence-corrected chi connectivity index (χ2v) is 5.43. The largest absolute Gasteiger partial charge is 0.148 e. The fraction of sp³-hybridized carbons (Fsp3) is 0.600. The molecule has 1 aliphatic rings. The molecule has 0 N–H and O–H groups in total. The summed E-state index contributed by atoms with van der Waals surface area (Å²) in [5, 5.41) is 2.17. The van der Waals surface area contributed by atoms with Crippen molar-refractivity contribution in [2.45, 2.75) is 30.5 Å². The molecule has 0 aromatic carbocycles. The molecule has 0 nitrogen and oxygen atoms in total. The molecule has 1 aromatic rings. The summed E-state index contributed by atoms with van der Waals surface area (Å²) in [5.41, 5.74) is 0. The van der Waals surface area contributed by atoms with Crippen molar-refractivity contribution < 1.29 is 0 Å². The molecule has 66 valence electrons. The lowest BCUT2D eigenvalue weighted by molar-refractivity contribution is 0.546. The van der Waals surface area contributed by atoms with E-state index in [0.29, 0.717) is 4.83 Å². The summed E-state index contributed by atoms with van der Waals surface area (Å²) in [6.45, 7) is 0. The average molecular weight is 245 g/mol. The fourth-order valence-electron chi connectivity index (χ4n) is 1.93. The van der Waals surface area contributed by atoms with E-state index in [-0.39, 0.29) is 0 Å². The Morgan fingerprint density at radius 2 is 2.17 bits per heavy atom. The third-order valence-corrected chi connectivity index (χ3v) is 5.13. The summed E-state index contributed by atoms with van der Waals surface area (Å²) in [4.78, 5) is 2.13. The van der Waals surface area contributed by atoms with Crippen molar-refractivity contribution in [1.82, 2.24) is 0 Å². The maximum Gasteiger partial charge on any atom is 0.0517 e. The molecule has 0 bridgehead atoms. The van der Waals surface area contributed by atoms with Crippen LogP contribution in [0.1, 0.15) is 35.4 Å². The molecule has 0 spiro atoms. The predicted molar refractivity (Wildman–Crippen MR) is 57.9 cm³/mol. The quantitative estimate of drug-likeness (QED) is 0.678. The van der Waals surface area contributed by atoms with E-state index < -0.39 is 0 Å². The molecule has 1 unspecified atom stereocenters. The summed E-state index contributed by atoms with van der Waals surface area (Å²) in [5.74, 6) is 0.892. The van der Waals surface area contributed by atoms with Gasteiger partial charge in [-0.25, -0.2) is 0 Å². The first-order valence-electron chi connectivity index (χ1n) is 4.55.